The van der Waals surface area contributed by atoms with Crippen LogP contribution >= 0.6 is 0 Å². The van der Waals surface area contributed by atoms with Crippen LogP contribution in [0.2, 0.25) is 0 Å². The van der Waals surface area contributed by atoms with Crippen LogP contribution in [0.15, 0.2) is 48.5 Å². The van der Waals surface area contributed by atoms with Crippen molar-refractivity contribution in [2.24, 2.45) is 0 Å². The van der Waals surface area contributed by atoms with E-state index >= 15 is 0 Å². The fraction of sp³-hybridized carbons (Fsp3) is 0.273. The van der Waals surface area contributed by atoms with Gasteiger partial charge in [-0.3, -0.25) is 9.89 Å². The average Bonchev–Trinajstić information content (AvgIpc) is 3.14. The quantitative estimate of drug-likeness (QED) is 0.653. The molecule has 27 heavy (non-hydrogen) atoms. The fourth-order valence-corrected chi connectivity index (χ4v) is 3.52. The zero-order valence-electron chi connectivity index (χ0n) is 15.5. The Morgan fingerprint density at radius 1 is 1.11 bits per heavy atom. The molecule has 3 aromatic rings. The van der Waals surface area contributed by atoms with Gasteiger partial charge < -0.3 is 10.6 Å². The van der Waals surface area contributed by atoms with Crippen LogP contribution in [0, 0.1) is 6.92 Å². The summed E-state index contributed by atoms with van der Waals surface area (Å²) in [5.74, 6) is 0.441. The zero-order valence-corrected chi connectivity index (χ0v) is 15.5. The van der Waals surface area contributed by atoms with E-state index in [0.29, 0.717) is 11.4 Å². The zero-order chi connectivity index (χ0) is 18.6. The van der Waals surface area contributed by atoms with Gasteiger partial charge >= 0.3 is 0 Å². The predicted octanol–water partition coefficient (Wildman–Crippen LogP) is 3.40. The molecular weight excluding hydrogens is 336 g/mol. The van der Waals surface area contributed by atoms with Crippen LogP contribution in [-0.2, 0) is 25.8 Å². The number of aryl methyl sites for hydroxylation is 3. The maximum Gasteiger partial charge on any atom is 0.256 e. The lowest BCUT2D eigenvalue weighted by Crippen LogP contribution is -2.24. The van der Waals surface area contributed by atoms with Crippen molar-refractivity contribution in [3.63, 3.8) is 0 Å². The Kier molecular flexibility index (Phi) is 5.03. The largest absolute Gasteiger partial charge is 0.312 e. The lowest BCUT2D eigenvalue weighted by molar-refractivity contribution is 0.102. The Balaban J connectivity index is 1.39. The fourth-order valence-electron chi connectivity index (χ4n) is 3.52. The highest BCUT2D eigenvalue weighted by Crippen LogP contribution is 2.17. The van der Waals surface area contributed by atoms with Crippen molar-refractivity contribution in [2.45, 2.75) is 32.7 Å². The Morgan fingerprint density at radius 2 is 2.00 bits per heavy atom. The van der Waals surface area contributed by atoms with E-state index in [-0.39, 0.29) is 5.91 Å². The number of aromatic nitrogens is 2. The first kappa shape index (κ1) is 17.5. The third-order valence-corrected chi connectivity index (χ3v) is 5.15. The number of H-pyrrole nitrogens is 1. The van der Waals surface area contributed by atoms with E-state index in [1.807, 2.05) is 18.2 Å². The number of rotatable bonds is 5. The van der Waals surface area contributed by atoms with Gasteiger partial charge in [0.1, 0.15) is 0 Å². The summed E-state index contributed by atoms with van der Waals surface area (Å²) >= 11 is 0. The predicted molar refractivity (Wildman–Crippen MR) is 107 cm³/mol. The van der Waals surface area contributed by atoms with Crippen LogP contribution in [0.4, 0.5) is 5.82 Å². The minimum atomic E-state index is -0.125. The number of aromatic amines is 1. The molecule has 5 nitrogen and oxygen atoms in total. The second kappa shape index (κ2) is 7.76. The Bertz CT molecular complexity index is 960. The van der Waals surface area contributed by atoms with Gasteiger partial charge in [-0.2, -0.15) is 5.10 Å². The molecule has 0 aliphatic carbocycles. The molecule has 0 saturated heterocycles. The molecule has 2 aromatic carbocycles. The molecule has 0 spiro atoms. The number of hydrogen-bond acceptors (Lipinski definition) is 3. The van der Waals surface area contributed by atoms with Crippen molar-refractivity contribution in [3.05, 3.63) is 82.0 Å². The highest BCUT2D eigenvalue weighted by Gasteiger charge is 2.13. The monoisotopic (exact) mass is 360 g/mol. The average molecular weight is 360 g/mol. The van der Waals surface area contributed by atoms with Gasteiger partial charge in [-0.15, -0.1) is 0 Å². The first-order chi connectivity index (χ1) is 13.2. The molecule has 0 saturated carbocycles. The van der Waals surface area contributed by atoms with Crippen molar-refractivity contribution in [2.75, 3.05) is 11.9 Å². The summed E-state index contributed by atoms with van der Waals surface area (Å²) in [6.45, 7) is 3.95. The number of fused-ring (bicyclic) bond motifs is 1. The highest BCUT2D eigenvalue weighted by atomic mass is 16.1. The molecule has 1 aliphatic heterocycles. The molecule has 0 fully saturated rings. The van der Waals surface area contributed by atoms with E-state index < -0.39 is 0 Å². The van der Waals surface area contributed by atoms with E-state index in [1.165, 1.54) is 22.3 Å². The minimum absolute atomic E-state index is 0.125. The number of amides is 1. The van der Waals surface area contributed by atoms with Crippen molar-refractivity contribution in [1.29, 1.82) is 0 Å². The Labute approximate surface area is 159 Å². The summed E-state index contributed by atoms with van der Waals surface area (Å²) < 4.78 is 0. The third-order valence-electron chi connectivity index (χ3n) is 5.15. The van der Waals surface area contributed by atoms with Gasteiger partial charge in [-0.05, 0) is 67.1 Å². The van der Waals surface area contributed by atoms with Crippen LogP contribution in [0.1, 0.15) is 38.3 Å². The lowest BCUT2D eigenvalue weighted by atomic mass is 9.98. The molecule has 1 aliphatic rings. The first-order valence-corrected chi connectivity index (χ1v) is 9.42. The van der Waals surface area contributed by atoms with Crippen molar-refractivity contribution >= 4 is 11.7 Å². The second-order valence-electron chi connectivity index (χ2n) is 7.07. The molecule has 3 N–H and O–H groups in total. The number of anilines is 1. The number of benzene rings is 2. The normalized spacial score (nSPS) is 13.2. The third kappa shape index (κ3) is 4.09. The summed E-state index contributed by atoms with van der Waals surface area (Å²) in [4.78, 5) is 12.5. The molecule has 0 radical (unpaired) electrons. The standard InChI is InChI=1S/C22H24N4O/c1-15-4-2-3-5-16(15)8-9-20-13-21(26-25-20)24-22(27)18-7-6-17-10-11-23-14-19(17)12-18/h2-7,12-13,23H,8-11,14H2,1H3,(H2,24,25,26,27). The van der Waals surface area contributed by atoms with Gasteiger partial charge in [-0.25, -0.2) is 0 Å². The molecule has 2 heterocycles. The van der Waals surface area contributed by atoms with Gasteiger partial charge in [0.05, 0.1) is 0 Å². The molecule has 0 unspecified atom stereocenters. The van der Waals surface area contributed by atoms with E-state index in [2.05, 4.69) is 58.1 Å². The van der Waals surface area contributed by atoms with Crippen molar-refractivity contribution in [3.8, 4) is 0 Å². The van der Waals surface area contributed by atoms with E-state index in [0.717, 1.165) is 38.0 Å². The SMILES string of the molecule is Cc1ccccc1CCc1cc(NC(=O)c2ccc3c(c2)CNCC3)n[nH]1. The van der Waals surface area contributed by atoms with Gasteiger partial charge in [0.25, 0.3) is 5.91 Å². The van der Waals surface area contributed by atoms with Crippen LogP contribution < -0.4 is 10.6 Å². The Morgan fingerprint density at radius 3 is 2.89 bits per heavy atom. The number of nitrogens with one attached hydrogen (secondary N) is 3. The first-order valence-electron chi connectivity index (χ1n) is 9.42. The summed E-state index contributed by atoms with van der Waals surface area (Å²) in [5, 5.41) is 13.5. The van der Waals surface area contributed by atoms with Crippen LogP contribution in [0.5, 0.6) is 0 Å². The van der Waals surface area contributed by atoms with Crippen LogP contribution in [-0.4, -0.2) is 22.6 Å². The summed E-state index contributed by atoms with van der Waals surface area (Å²) in [6.07, 6.45) is 2.82. The summed E-state index contributed by atoms with van der Waals surface area (Å²) in [5.41, 5.74) is 6.84. The van der Waals surface area contributed by atoms with Crippen LogP contribution in [0.25, 0.3) is 0 Å². The topological polar surface area (TPSA) is 69.8 Å². The molecule has 0 atom stereocenters. The molecule has 5 heteroatoms. The van der Waals surface area contributed by atoms with Gasteiger partial charge in [0, 0.05) is 23.9 Å². The van der Waals surface area contributed by atoms with E-state index in [4.69, 9.17) is 0 Å². The van der Waals surface area contributed by atoms with Gasteiger partial charge in [0.2, 0.25) is 0 Å². The molecule has 0 bridgehead atoms. The molecular formula is C22H24N4O. The number of carbonyl (C=O) groups is 1. The minimum Gasteiger partial charge on any atom is -0.312 e. The maximum atomic E-state index is 12.5. The Hall–Kier alpha value is -2.92. The molecule has 4 rings (SSSR count). The number of nitrogens with zero attached hydrogens (tertiary/aromatic N) is 1. The maximum absolute atomic E-state index is 12.5. The van der Waals surface area contributed by atoms with Crippen LogP contribution in [0.3, 0.4) is 0 Å². The highest BCUT2D eigenvalue weighted by molar-refractivity contribution is 6.03. The van der Waals surface area contributed by atoms with Crippen molar-refractivity contribution in [1.82, 2.24) is 15.5 Å². The number of carbonyl (C=O) groups excluding carboxylic acids is 1. The lowest BCUT2D eigenvalue weighted by Gasteiger charge is -2.17. The summed E-state index contributed by atoms with van der Waals surface area (Å²) in [6, 6.07) is 16.2. The van der Waals surface area contributed by atoms with E-state index in [1.54, 1.807) is 0 Å². The van der Waals surface area contributed by atoms with Crippen molar-refractivity contribution < 1.29 is 4.79 Å². The smallest absolute Gasteiger partial charge is 0.256 e. The second-order valence-corrected chi connectivity index (χ2v) is 7.07. The number of hydrogen-bond donors (Lipinski definition) is 3. The molecule has 1 amide bonds. The van der Waals surface area contributed by atoms with E-state index in [9.17, 15) is 4.79 Å². The summed E-state index contributed by atoms with van der Waals surface area (Å²) in [7, 11) is 0. The van der Waals surface area contributed by atoms with Gasteiger partial charge in [0.15, 0.2) is 5.82 Å². The molecule has 1 aromatic heterocycles. The molecule has 138 valence electrons. The van der Waals surface area contributed by atoms with Gasteiger partial charge in [-0.1, -0.05) is 30.3 Å².